The Morgan fingerprint density at radius 2 is 2.03 bits per heavy atom. The lowest BCUT2D eigenvalue weighted by Crippen LogP contribution is -2.30. The van der Waals surface area contributed by atoms with Gasteiger partial charge in [0.25, 0.3) is 0 Å². The van der Waals surface area contributed by atoms with Gasteiger partial charge in [-0.1, -0.05) is 20.8 Å². The van der Waals surface area contributed by atoms with E-state index in [0.717, 1.165) is 47.4 Å². The third-order valence-corrected chi connectivity index (χ3v) is 5.15. The standard InChI is InChI=1S/C22H28N6O/c1-22(2,3)10-15(29)13-27(4)21-16-7-6-8-17(16)24-20(25-21)18-9-14-12-28(5)26-19(14)11-23-18/h9,11-12H,6-8,10,13H2,1-5H3. The molecular weight excluding hydrogens is 364 g/mol. The number of likely N-dealkylation sites (N-methyl/N-ethyl adjacent to an activating group) is 1. The van der Waals surface area contributed by atoms with E-state index in [1.165, 1.54) is 5.56 Å². The number of hydrogen-bond acceptors (Lipinski definition) is 6. The number of carbonyl (C=O) groups excluding carboxylic acids is 1. The summed E-state index contributed by atoms with van der Waals surface area (Å²) in [5.74, 6) is 1.70. The van der Waals surface area contributed by atoms with Gasteiger partial charge in [-0.15, -0.1) is 0 Å². The molecule has 7 heteroatoms. The molecule has 0 radical (unpaired) electrons. The summed E-state index contributed by atoms with van der Waals surface area (Å²) in [6, 6.07) is 1.98. The van der Waals surface area contributed by atoms with Crippen molar-refractivity contribution < 1.29 is 4.79 Å². The molecule has 3 heterocycles. The molecule has 0 N–H and O–H groups in total. The van der Waals surface area contributed by atoms with Crippen LogP contribution in [0, 0.1) is 5.41 Å². The van der Waals surface area contributed by atoms with Gasteiger partial charge in [0, 0.05) is 43.4 Å². The second kappa shape index (κ2) is 7.21. The van der Waals surface area contributed by atoms with Crippen LogP contribution in [0.4, 0.5) is 5.82 Å². The Labute approximate surface area is 171 Å². The molecule has 3 aromatic rings. The van der Waals surface area contributed by atoms with Crippen molar-refractivity contribution in [3.05, 3.63) is 29.7 Å². The molecule has 0 saturated carbocycles. The van der Waals surface area contributed by atoms with Crippen LogP contribution in [0.5, 0.6) is 0 Å². The lowest BCUT2D eigenvalue weighted by Gasteiger charge is -2.23. The first-order valence-corrected chi connectivity index (χ1v) is 10.1. The van der Waals surface area contributed by atoms with Crippen molar-refractivity contribution in [2.45, 2.75) is 46.5 Å². The zero-order valence-corrected chi connectivity index (χ0v) is 17.9. The second-order valence-electron chi connectivity index (χ2n) is 9.21. The van der Waals surface area contributed by atoms with Crippen molar-refractivity contribution in [2.24, 2.45) is 12.5 Å². The monoisotopic (exact) mass is 392 g/mol. The highest BCUT2D eigenvalue weighted by Crippen LogP contribution is 2.31. The molecule has 7 nitrogen and oxygen atoms in total. The highest BCUT2D eigenvalue weighted by atomic mass is 16.1. The minimum absolute atomic E-state index is 0.0141. The molecule has 0 aromatic carbocycles. The molecule has 1 aliphatic carbocycles. The van der Waals surface area contributed by atoms with Crippen LogP contribution in [-0.4, -0.2) is 44.1 Å². The molecule has 0 saturated heterocycles. The number of ketones is 1. The Bertz CT molecular complexity index is 1080. The Morgan fingerprint density at radius 1 is 1.24 bits per heavy atom. The maximum absolute atomic E-state index is 12.5. The van der Waals surface area contributed by atoms with Gasteiger partial charge in [-0.3, -0.25) is 14.5 Å². The third-order valence-electron chi connectivity index (χ3n) is 5.15. The molecule has 0 unspecified atom stereocenters. The van der Waals surface area contributed by atoms with Gasteiger partial charge >= 0.3 is 0 Å². The summed E-state index contributed by atoms with van der Waals surface area (Å²) in [4.78, 5) is 28.7. The maximum Gasteiger partial charge on any atom is 0.180 e. The van der Waals surface area contributed by atoms with E-state index in [-0.39, 0.29) is 11.2 Å². The van der Waals surface area contributed by atoms with E-state index in [9.17, 15) is 4.79 Å². The molecule has 152 valence electrons. The molecule has 0 bridgehead atoms. The Morgan fingerprint density at radius 3 is 2.79 bits per heavy atom. The highest BCUT2D eigenvalue weighted by Gasteiger charge is 2.24. The van der Waals surface area contributed by atoms with Crippen molar-refractivity contribution in [2.75, 3.05) is 18.5 Å². The zero-order chi connectivity index (χ0) is 20.8. The number of Topliss-reactive ketones (excluding diaryl/α,β-unsaturated/α-hetero) is 1. The summed E-state index contributed by atoms with van der Waals surface area (Å²) >= 11 is 0. The average molecular weight is 393 g/mol. The van der Waals surface area contributed by atoms with Crippen molar-refractivity contribution in [1.82, 2.24) is 24.7 Å². The van der Waals surface area contributed by atoms with E-state index < -0.39 is 0 Å². The first kappa shape index (κ1) is 19.5. The van der Waals surface area contributed by atoms with Crippen LogP contribution in [0.2, 0.25) is 0 Å². The van der Waals surface area contributed by atoms with Crippen molar-refractivity contribution >= 4 is 22.5 Å². The molecule has 1 aliphatic rings. The van der Waals surface area contributed by atoms with Crippen LogP contribution in [-0.2, 0) is 24.7 Å². The summed E-state index contributed by atoms with van der Waals surface area (Å²) in [7, 11) is 3.84. The summed E-state index contributed by atoms with van der Waals surface area (Å²) < 4.78 is 1.78. The third kappa shape index (κ3) is 4.13. The lowest BCUT2D eigenvalue weighted by molar-refractivity contribution is -0.119. The number of aromatic nitrogens is 5. The van der Waals surface area contributed by atoms with E-state index in [4.69, 9.17) is 9.97 Å². The molecule has 0 aliphatic heterocycles. The van der Waals surface area contributed by atoms with Gasteiger partial charge in [-0.05, 0) is 30.7 Å². The topological polar surface area (TPSA) is 76.8 Å². The number of rotatable bonds is 5. The summed E-state index contributed by atoms with van der Waals surface area (Å²) in [5, 5.41) is 5.39. The summed E-state index contributed by atoms with van der Waals surface area (Å²) in [5.41, 5.74) is 3.81. The first-order chi connectivity index (χ1) is 13.7. The molecular formula is C22H28N6O. The summed E-state index contributed by atoms with van der Waals surface area (Å²) in [6.07, 6.45) is 7.24. The van der Waals surface area contributed by atoms with Gasteiger partial charge in [0.15, 0.2) is 11.6 Å². The van der Waals surface area contributed by atoms with E-state index in [2.05, 4.69) is 30.9 Å². The molecule has 0 atom stereocenters. The number of aryl methyl sites for hydroxylation is 2. The van der Waals surface area contributed by atoms with Crippen molar-refractivity contribution in [3.63, 3.8) is 0 Å². The van der Waals surface area contributed by atoms with Gasteiger partial charge < -0.3 is 4.90 Å². The SMILES string of the molecule is CN(CC(=O)CC(C)(C)C)c1nc(-c2cc3cn(C)nc3cn2)nc2c1CCC2. The molecule has 3 aromatic heterocycles. The van der Waals surface area contributed by atoms with E-state index in [1.54, 1.807) is 10.9 Å². The minimum atomic E-state index is -0.0141. The second-order valence-corrected chi connectivity index (χ2v) is 9.21. The predicted octanol–water partition coefficient (Wildman–Crippen LogP) is 3.36. The van der Waals surface area contributed by atoms with E-state index in [0.29, 0.717) is 18.8 Å². The number of nitrogens with zero attached hydrogens (tertiary/aromatic N) is 6. The van der Waals surface area contributed by atoms with Gasteiger partial charge in [0.2, 0.25) is 0 Å². The number of carbonyl (C=O) groups is 1. The normalized spacial score (nSPS) is 13.7. The number of fused-ring (bicyclic) bond motifs is 2. The minimum Gasteiger partial charge on any atom is -0.352 e. The molecule has 0 spiro atoms. The fourth-order valence-corrected chi connectivity index (χ4v) is 4.00. The Balaban J connectivity index is 1.69. The smallest absolute Gasteiger partial charge is 0.180 e. The summed E-state index contributed by atoms with van der Waals surface area (Å²) in [6.45, 7) is 6.62. The molecule has 0 fully saturated rings. The highest BCUT2D eigenvalue weighted by molar-refractivity contribution is 5.84. The number of pyridine rings is 1. The number of anilines is 1. The van der Waals surface area contributed by atoms with Gasteiger partial charge in [0.05, 0.1) is 12.7 Å². The molecule has 29 heavy (non-hydrogen) atoms. The molecule has 4 rings (SSSR count). The predicted molar refractivity (Wildman–Crippen MR) is 114 cm³/mol. The van der Waals surface area contributed by atoms with Crippen LogP contribution in [0.1, 0.15) is 44.9 Å². The zero-order valence-electron chi connectivity index (χ0n) is 17.9. The van der Waals surface area contributed by atoms with Gasteiger partial charge in [-0.25, -0.2) is 9.97 Å². The largest absolute Gasteiger partial charge is 0.352 e. The Hall–Kier alpha value is -2.83. The van der Waals surface area contributed by atoms with Crippen LogP contribution in [0.15, 0.2) is 18.5 Å². The fourth-order valence-electron chi connectivity index (χ4n) is 4.00. The van der Waals surface area contributed by atoms with E-state index >= 15 is 0 Å². The molecule has 0 amide bonds. The van der Waals surface area contributed by atoms with Crippen LogP contribution >= 0.6 is 0 Å². The van der Waals surface area contributed by atoms with Crippen LogP contribution in [0.3, 0.4) is 0 Å². The van der Waals surface area contributed by atoms with Gasteiger partial charge in [0.1, 0.15) is 17.0 Å². The van der Waals surface area contributed by atoms with Crippen molar-refractivity contribution in [1.29, 1.82) is 0 Å². The first-order valence-electron chi connectivity index (χ1n) is 10.1. The quantitative estimate of drug-likeness (QED) is 0.663. The van der Waals surface area contributed by atoms with E-state index in [1.807, 2.05) is 31.3 Å². The van der Waals surface area contributed by atoms with Crippen molar-refractivity contribution in [3.8, 4) is 11.5 Å². The average Bonchev–Trinajstić information content (AvgIpc) is 3.23. The fraction of sp³-hybridized carbons (Fsp3) is 0.500. The lowest BCUT2D eigenvalue weighted by atomic mass is 9.90. The van der Waals surface area contributed by atoms with Gasteiger partial charge in [-0.2, -0.15) is 5.10 Å². The van der Waals surface area contributed by atoms with Crippen LogP contribution in [0.25, 0.3) is 22.4 Å². The van der Waals surface area contributed by atoms with Crippen LogP contribution < -0.4 is 4.90 Å². The number of hydrogen-bond donors (Lipinski definition) is 0. The Kier molecular flexibility index (Phi) is 4.84. The maximum atomic E-state index is 12.5.